The maximum Gasteiger partial charge on any atom is 0.217 e. The van der Waals surface area contributed by atoms with E-state index in [2.05, 4.69) is 58.6 Å². The SMILES string of the molecule is CC(=O)N[C@@]12CCC(N(C)Cc3ccccc3)C3Oc4c(O)ccc5c4[C@@]31CCN(CC1CC1)[C@@H]2C5. The van der Waals surface area contributed by atoms with E-state index < -0.39 is 0 Å². The smallest absolute Gasteiger partial charge is 0.217 e. The van der Waals surface area contributed by atoms with Crippen LogP contribution in [0.1, 0.15) is 55.7 Å². The van der Waals surface area contributed by atoms with E-state index in [0.717, 1.165) is 51.2 Å². The standard InChI is InChI=1S/C30H37N3O3/c1-19(34)31-30-13-12-23(32(2)17-20-6-4-3-5-7-20)28-29(30)14-15-33(18-21-8-9-21)25(30)16-22-10-11-24(35)27(36-28)26(22)29/h3-7,10-11,21,23,25,28,35H,8-9,12-18H2,1-2H3,(H,31,34)/t23?,25-,28?,29+,30-/m1/s1. The van der Waals surface area contributed by atoms with Crippen LogP contribution in [0.2, 0.25) is 0 Å². The number of piperidine rings is 1. The van der Waals surface area contributed by atoms with Gasteiger partial charge in [-0.05, 0) is 75.2 Å². The number of likely N-dealkylation sites (tertiary alicyclic amines) is 1. The quantitative estimate of drug-likeness (QED) is 0.652. The van der Waals surface area contributed by atoms with Gasteiger partial charge in [-0.1, -0.05) is 36.4 Å². The summed E-state index contributed by atoms with van der Waals surface area (Å²) in [6.45, 7) is 4.67. The maximum absolute atomic E-state index is 12.9. The number of amides is 1. The van der Waals surface area contributed by atoms with Gasteiger partial charge < -0.3 is 15.2 Å². The van der Waals surface area contributed by atoms with Gasteiger partial charge in [0, 0.05) is 37.7 Å². The van der Waals surface area contributed by atoms with Crippen LogP contribution in [0.4, 0.5) is 0 Å². The van der Waals surface area contributed by atoms with Gasteiger partial charge in [0.25, 0.3) is 0 Å². The van der Waals surface area contributed by atoms with Crippen molar-refractivity contribution >= 4 is 5.91 Å². The largest absolute Gasteiger partial charge is 0.504 e. The van der Waals surface area contributed by atoms with E-state index in [1.807, 2.05) is 6.07 Å². The van der Waals surface area contributed by atoms with Crippen LogP contribution >= 0.6 is 0 Å². The van der Waals surface area contributed by atoms with Crippen molar-refractivity contribution in [3.05, 3.63) is 59.2 Å². The lowest BCUT2D eigenvalue weighted by molar-refractivity contribution is -0.139. The number of hydrogen-bond donors (Lipinski definition) is 2. The van der Waals surface area contributed by atoms with Crippen molar-refractivity contribution in [2.45, 2.75) is 81.1 Å². The van der Waals surface area contributed by atoms with Gasteiger partial charge in [0.15, 0.2) is 11.5 Å². The highest BCUT2D eigenvalue weighted by Crippen LogP contribution is 2.66. The number of aromatic hydroxyl groups is 1. The first-order valence-corrected chi connectivity index (χ1v) is 13.7. The Bertz CT molecular complexity index is 1200. The van der Waals surface area contributed by atoms with Crippen LogP contribution in [-0.4, -0.2) is 64.7 Å². The number of hydrogen-bond acceptors (Lipinski definition) is 5. The molecule has 2 unspecified atom stereocenters. The lowest BCUT2D eigenvalue weighted by atomic mass is 9.46. The Morgan fingerprint density at radius 1 is 1.17 bits per heavy atom. The van der Waals surface area contributed by atoms with Gasteiger partial charge in [0.1, 0.15) is 6.10 Å². The third-order valence-electron chi connectivity index (χ3n) is 10.0. The summed E-state index contributed by atoms with van der Waals surface area (Å²) in [6, 6.07) is 15.0. The van der Waals surface area contributed by atoms with E-state index in [0.29, 0.717) is 5.75 Å². The third kappa shape index (κ3) is 3.07. The highest BCUT2D eigenvalue weighted by Gasteiger charge is 2.73. The fourth-order valence-electron chi connectivity index (χ4n) is 8.51. The number of nitrogens with zero attached hydrogens (tertiary/aromatic N) is 2. The maximum atomic E-state index is 12.9. The second-order valence-electron chi connectivity index (χ2n) is 12.0. The first-order valence-electron chi connectivity index (χ1n) is 13.7. The van der Waals surface area contributed by atoms with Gasteiger partial charge in [0.2, 0.25) is 5.91 Å². The summed E-state index contributed by atoms with van der Waals surface area (Å²) in [5.41, 5.74) is 3.05. The van der Waals surface area contributed by atoms with Gasteiger partial charge in [0.05, 0.1) is 11.0 Å². The number of likely N-dealkylation sites (N-methyl/N-ethyl adjacent to an activating group) is 1. The zero-order chi connectivity index (χ0) is 24.7. The molecule has 0 aromatic heterocycles. The number of carbonyl (C=O) groups excluding carboxylic acids is 1. The van der Waals surface area contributed by atoms with Gasteiger partial charge in [-0.15, -0.1) is 0 Å². The number of benzene rings is 2. The summed E-state index contributed by atoms with van der Waals surface area (Å²) in [5, 5.41) is 14.6. The van der Waals surface area contributed by atoms with Gasteiger partial charge in [-0.25, -0.2) is 0 Å². The Hall–Kier alpha value is -2.57. The monoisotopic (exact) mass is 487 g/mol. The summed E-state index contributed by atoms with van der Waals surface area (Å²) < 4.78 is 6.85. The molecule has 2 heterocycles. The number of carbonyl (C=O) groups is 1. The molecule has 5 atom stereocenters. The Morgan fingerprint density at radius 2 is 1.97 bits per heavy atom. The number of nitrogens with one attached hydrogen (secondary N) is 1. The minimum absolute atomic E-state index is 0.0412. The molecule has 1 amide bonds. The average Bonchev–Trinajstić information content (AvgIpc) is 3.60. The minimum Gasteiger partial charge on any atom is -0.504 e. The molecule has 2 aromatic rings. The van der Waals surface area contributed by atoms with E-state index in [1.54, 1.807) is 6.92 Å². The summed E-state index contributed by atoms with van der Waals surface area (Å²) in [7, 11) is 2.20. The Morgan fingerprint density at radius 3 is 2.72 bits per heavy atom. The molecular formula is C30H37N3O3. The fraction of sp³-hybridized carbons (Fsp3) is 0.567. The third-order valence-corrected chi connectivity index (χ3v) is 10.0. The molecule has 2 saturated carbocycles. The van der Waals surface area contributed by atoms with Crippen LogP contribution in [0.25, 0.3) is 0 Å². The highest BCUT2D eigenvalue weighted by atomic mass is 16.5. The highest BCUT2D eigenvalue weighted by molar-refractivity contribution is 5.76. The first kappa shape index (κ1) is 22.6. The Balaban J connectivity index is 1.36. The Labute approximate surface area is 213 Å². The van der Waals surface area contributed by atoms with Crippen molar-refractivity contribution in [3.8, 4) is 11.5 Å². The molecule has 2 bridgehead atoms. The van der Waals surface area contributed by atoms with Gasteiger partial charge >= 0.3 is 0 Å². The summed E-state index contributed by atoms with van der Waals surface area (Å²) in [4.78, 5) is 18.0. The molecule has 2 aromatic carbocycles. The first-order chi connectivity index (χ1) is 17.4. The van der Waals surface area contributed by atoms with Gasteiger partial charge in [-0.3, -0.25) is 14.6 Å². The molecule has 1 spiro atoms. The summed E-state index contributed by atoms with van der Waals surface area (Å²) >= 11 is 0. The number of phenols is 1. The van der Waals surface area contributed by atoms with Crippen molar-refractivity contribution < 1.29 is 14.6 Å². The molecule has 3 fully saturated rings. The normalized spacial score (nSPS) is 34.2. The van der Waals surface area contributed by atoms with E-state index in [-0.39, 0.29) is 40.8 Å². The summed E-state index contributed by atoms with van der Waals surface area (Å²) in [5.74, 6) is 1.74. The molecule has 7 rings (SSSR count). The molecule has 6 nitrogen and oxygen atoms in total. The second-order valence-corrected chi connectivity index (χ2v) is 12.0. The molecular weight excluding hydrogens is 450 g/mol. The average molecular weight is 488 g/mol. The molecule has 36 heavy (non-hydrogen) atoms. The molecule has 6 heteroatoms. The van der Waals surface area contributed by atoms with Gasteiger partial charge in [-0.2, -0.15) is 0 Å². The minimum atomic E-state index is -0.382. The van der Waals surface area contributed by atoms with E-state index in [1.165, 1.54) is 29.5 Å². The lowest BCUT2D eigenvalue weighted by Crippen LogP contribution is -2.82. The van der Waals surface area contributed by atoms with Crippen molar-refractivity contribution in [3.63, 3.8) is 0 Å². The topological polar surface area (TPSA) is 65.0 Å². The van der Waals surface area contributed by atoms with Crippen LogP contribution in [0.3, 0.4) is 0 Å². The lowest BCUT2D eigenvalue weighted by Gasteiger charge is -2.67. The predicted molar refractivity (Wildman–Crippen MR) is 138 cm³/mol. The molecule has 3 aliphatic carbocycles. The summed E-state index contributed by atoms with van der Waals surface area (Å²) in [6.07, 6.45) is 6.27. The number of rotatable bonds is 6. The molecule has 2 aliphatic heterocycles. The van der Waals surface area contributed by atoms with Crippen LogP contribution in [0.5, 0.6) is 11.5 Å². The van der Waals surface area contributed by atoms with Crippen molar-refractivity contribution in [2.24, 2.45) is 5.92 Å². The van der Waals surface area contributed by atoms with Crippen molar-refractivity contribution in [2.75, 3.05) is 20.1 Å². The second kappa shape index (κ2) is 7.96. The molecule has 2 N–H and O–H groups in total. The van der Waals surface area contributed by atoms with E-state index in [4.69, 9.17) is 4.74 Å². The van der Waals surface area contributed by atoms with Crippen molar-refractivity contribution in [1.29, 1.82) is 0 Å². The zero-order valence-electron chi connectivity index (χ0n) is 21.4. The Kier molecular flexibility index (Phi) is 5.00. The number of phenolic OH excluding ortho intramolecular Hbond substituents is 1. The fourth-order valence-corrected chi connectivity index (χ4v) is 8.51. The van der Waals surface area contributed by atoms with Crippen LogP contribution in [0.15, 0.2) is 42.5 Å². The molecule has 190 valence electrons. The zero-order valence-corrected chi connectivity index (χ0v) is 21.4. The number of ether oxygens (including phenoxy) is 1. The van der Waals surface area contributed by atoms with Crippen LogP contribution < -0.4 is 10.1 Å². The molecule has 5 aliphatic rings. The van der Waals surface area contributed by atoms with Crippen LogP contribution in [0, 0.1) is 5.92 Å². The van der Waals surface area contributed by atoms with E-state index in [9.17, 15) is 9.90 Å². The predicted octanol–water partition coefficient (Wildman–Crippen LogP) is 3.60. The molecule has 1 saturated heterocycles. The van der Waals surface area contributed by atoms with Crippen LogP contribution in [-0.2, 0) is 23.2 Å². The van der Waals surface area contributed by atoms with E-state index >= 15 is 0 Å². The molecule has 0 radical (unpaired) electrons. The van der Waals surface area contributed by atoms with Crippen molar-refractivity contribution in [1.82, 2.24) is 15.1 Å².